The third kappa shape index (κ3) is 1.40. The van der Waals surface area contributed by atoms with Gasteiger partial charge in [0, 0.05) is 0 Å². The van der Waals surface area contributed by atoms with Gasteiger partial charge >= 0.3 is 0 Å². The first-order valence-electron chi connectivity index (χ1n) is 4.62. The minimum atomic E-state index is -0.386. The van der Waals surface area contributed by atoms with Crippen molar-refractivity contribution in [1.29, 1.82) is 0 Å². The lowest BCUT2D eigenvalue weighted by Gasteiger charge is -2.21. The van der Waals surface area contributed by atoms with Gasteiger partial charge in [-0.05, 0) is 37.8 Å². The van der Waals surface area contributed by atoms with Crippen LogP contribution >= 0.6 is 0 Å². The van der Waals surface area contributed by atoms with Gasteiger partial charge in [-0.25, -0.2) is 0 Å². The van der Waals surface area contributed by atoms with Crippen molar-refractivity contribution in [3.05, 3.63) is 23.0 Å². The predicted molar refractivity (Wildman–Crippen MR) is 51.3 cm³/mol. The fraction of sp³-hybridized carbons (Fsp3) is 0.500. The molecule has 1 aliphatic rings. The molecule has 1 aromatic rings. The molecule has 3 heteroatoms. The third-order valence-corrected chi connectivity index (χ3v) is 2.60. The maximum Gasteiger partial charge on any atom is 0.0962 e. The summed E-state index contributed by atoms with van der Waals surface area (Å²) in [6, 6.07) is 1.94. The van der Waals surface area contributed by atoms with E-state index in [1.807, 2.05) is 13.0 Å². The van der Waals surface area contributed by atoms with E-state index in [9.17, 15) is 5.11 Å². The van der Waals surface area contributed by atoms with Gasteiger partial charge in [0.05, 0.1) is 23.2 Å². The molecule has 3 N–H and O–H groups in total. The second-order valence-electron chi connectivity index (χ2n) is 3.62. The summed E-state index contributed by atoms with van der Waals surface area (Å²) >= 11 is 0. The minimum Gasteiger partial charge on any atom is -0.397 e. The number of fused-ring (bicyclic) bond motifs is 1. The van der Waals surface area contributed by atoms with Crippen LogP contribution in [0.1, 0.15) is 35.9 Å². The van der Waals surface area contributed by atoms with Crippen molar-refractivity contribution in [2.24, 2.45) is 0 Å². The number of nitrogens with zero attached hydrogens (tertiary/aromatic N) is 1. The van der Waals surface area contributed by atoms with Crippen LogP contribution < -0.4 is 5.73 Å². The molecule has 1 atom stereocenters. The first kappa shape index (κ1) is 8.51. The number of aryl methyl sites for hydroxylation is 2. The lowest BCUT2D eigenvalue weighted by molar-refractivity contribution is 0.151. The number of nitrogen functional groups attached to an aromatic ring is 1. The lowest BCUT2D eigenvalue weighted by atomic mass is 9.93. The monoisotopic (exact) mass is 178 g/mol. The van der Waals surface area contributed by atoms with E-state index in [2.05, 4.69) is 4.98 Å². The summed E-state index contributed by atoms with van der Waals surface area (Å²) in [6.07, 6.45) is 2.45. The zero-order valence-corrected chi connectivity index (χ0v) is 7.75. The van der Waals surface area contributed by atoms with Crippen LogP contribution in [0.15, 0.2) is 6.07 Å². The van der Waals surface area contributed by atoms with Crippen LogP contribution in [0.4, 0.5) is 5.69 Å². The van der Waals surface area contributed by atoms with E-state index >= 15 is 0 Å². The number of anilines is 1. The third-order valence-electron chi connectivity index (χ3n) is 2.60. The highest BCUT2D eigenvalue weighted by atomic mass is 16.3. The number of hydrogen-bond donors (Lipinski definition) is 2. The van der Waals surface area contributed by atoms with Gasteiger partial charge in [0.2, 0.25) is 0 Å². The molecule has 2 rings (SSSR count). The topological polar surface area (TPSA) is 59.1 Å². The van der Waals surface area contributed by atoms with E-state index < -0.39 is 0 Å². The Labute approximate surface area is 77.6 Å². The zero-order chi connectivity index (χ0) is 9.42. The molecule has 70 valence electrons. The molecule has 0 saturated heterocycles. The highest BCUT2D eigenvalue weighted by molar-refractivity contribution is 5.47. The molecular weight excluding hydrogens is 164 g/mol. The molecule has 1 unspecified atom stereocenters. The average Bonchev–Trinajstić information content (AvgIpc) is 2.09. The fourth-order valence-corrected chi connectivity index (χ4v) is 1.79. The van der Waals surface area contributed by atoms with Crippen LogP contribution in [0.3, 0.4) is 0 Å². The Bertz CT molecular complexity index is 336. The molecule has 1 heterocycles. The summed E-state index contributed by atoms with van der Waals surface area (Å²) in [6.45, 7) is 1.87. The summed E-state index contributed by atoms with van der Waals surface area (Å²) in [5.41, 5.74) is 9.24. The highest BCUT2D eigenvalue weighted by Crippen LogP contribution is 2.29. The Hall–Kier alpha value is -1.09. The summed E-state index contributed by atoms with van der Waals surface area (Å²) in [5.74, 6) is 0. The Morgan fingerprint density at radius 2 is 2.38 bits per heavy atom. The summed E-state index contributed by atoms with van der Waals surface area (Å²) < 4.78 is 0. The maximum atomic E-state index is 9.67. The second-order valence-corrected chi connectivity index (χ2v) is 3.62. The van der Waals surface area contributed by atoms with Gasteiger partial charge in [-0.3, -0.25) is 4.98 Å². The zero-order valence-electron chi connectivity index (χ0n) is 7.75. The second kappa shape index (κ2) is 3.00. The van der Waals surface area contributed by atoms with Gasteiger partial charge in [0.15, 0.2) is 0 Å². The quantitative estimate of drug-likeness (QED) is 0.630. The Morgan fingerprint density at radius 3 is 3.15 bits per heavy atom. The van der Waals surface area contributed by atoms with Crippen molar-refractivity contribution in [3.8, 4) is 0 Å². The van der Waals surface area contributed by atoms with Gasteiger partial charge in [-0.2, -0.15) is 0 Å². The van der Waals surface area contributed by atoms with E-state index in [1.54, 1.807) is 0 Å². The van der Waals surface area contributed by atoms with Crippen LogP contribution in [0.25, 0.3) is 0 Å². The van der Waals surface area contributed by atoms with E-state index in [-0.39, 0.29) is 6.10 Å². The average molecular weight is 178 g/mol. The van der Waals surface area contributed by atoms with Gasteiger partial charge < -0.3 is 10.8 Å². The summed E-state index contributed by atoms with van der Waals surface area (Å²) in [7, 11) is 0. The number of pyridine rings is 1. The van der Waals surface area contributed by atoms with E-state index in [4.69, 9.17) is 5.73 Å². The first-order valence-corrected chi connectivity index (χ1v) is 4.62. The highest BCUT2D eigenvalue weighted by Gasteiger charge is 2.20. The number of nitrogens with two attached hydrogens (primary N) is 1. The van der Waals surface area contributed by atoms with Crippen molar-refractivity contribution in [2.45, 2.75) is 32.3 Å². The molecule has 0 aromatic carbocycles. The molecule has 0 radical (unpaired) electrons. The standard InChI is InChI=1S/C10H14N2O/c1-6-8(11)5-7-3-2-4-9(13)10(7)12-6/h5,9,13H,2-4,11H2,1H3. The number of aliphatic hydroxyl groups excluding tert-OH is 1. The molecule has 0 aliphatic heterocycles. The Morgan fingerprint density at radius 1 is 1.62 bits per heavy atom. The van der Waals surface area contributed by atoms with Crippen LogP contribution in [-0.2, 0) is 6.42 Å². The molecular formula is C10H14N2O. The van der Waals surface area contributed by atoms with Crippen LogP contribution in [0.2, 0.25) is 0 Å². The molecule has 0 amide bonds. The molecule has 0 fully saturated rings. The number of hydrogen-bond acceptors (Lipinski definition) is 3. The Kier molecular flexibility index (Phi) is 1.96. The van der Waals surface area contributed by atoms with Gasteiger partial charge in [-0.1, -0.05) is 0 Å². The van der Waals surface area contributed by atoms with Crippen molar-refractivity contribution < 1.29 is 5.11 Å². The molecule has 0 bridgehead atoms. The summed E-state index contributed by atoms with van der Waals surface area (Å²) in [4.78, 5) is 4.32. The van der Waals surface area contributed by atoms with Crippen molar-refractivity contribution in [3.63, 3.8) is 0 Å². The van der Waals surface area contributed by atoms with Gasteiger partial charge in [0.25, 0.3) is 0 Å². The van der Waals surface area contributed by atoms with Crippen LogP contribution in [0, 0.1) is 6.92 Å². The van der Waals surface area contributed by atoms with Gasteiger partial charge in [-0.15, -0.1) is 0 Å². The van der Waals surface area contributed by atoms with Crippen molar-refractivity contribution in [1.82, 2.24) is 4.98 Å². The molecule has 1 aliphatic carbocycles. The van der Waals surface area contributed by atoms with E-state index in [0.29, 0.717) is 0 Å². The SMILES string of the molecule is Cc1nc2c(cc1N)CCCC2O. The first-order chi connectivity index (χ1) is 6.18. The lowest BCUT2D eigenvalue weighted by Crippen LogP contribution is -2.13. The minimum absolute atomic E-state index is 0.386. The maximum absolute atomic E-state index is 9.67. The number of rotatable bonds is 0. The van der Waals surface area contributed by atoms with Gasteiger partial charge in [0.1, 0.15) is 0 Å². The van der Waals surface area contributed by atoms with Crippen molar-refractivity contribution >= 4 is 5.69 Å². The molecule has 0 spiro atoms. The summed E-state index contributed by atoms with van der Waals surface area (Å²) in [5, 5.41) is 9.67. The Balaban J connectivity index is 2.52. The number of aromatic nitrogens is 1. The largest absolute Gasteiger partial charge is 0.397 e. The van der Waals surface area contributed by atoms with Crippen molar-refractivity contribution in [2.75, 3.05) is 5.73 Å². The van der Waals surface area contributed by atoms with E-state index in [0.717, 1.165) is 41.9 Å². The number of aliphatic hydroxyl groups is 1. The fourth-order valence-electron chi connectivity index (χ4n) is 1.79. The van der Waals surface area contributed by atoms with Crippen LogP contribution in [-0.4, -0.2) is 10.1 Å². The smallest absolute Gasteiger partial charge is 0.0962 e. The van der Waals surface area contributed by atoms with E-state index in [1.165, 1.54) is 0 Å². The predicted octanol–water partition coefficient (Wildman–Crippen LogP) is 1.34. The van der Waals surface area contributed by atoms with Crippen LogP contribution in [0.5, 0.6) is 0 Å². The molecule has 3 nitrogen and oxygen atoms in total. The molecule has 13 heavy (non-hydrogen) atoms. The normalized spacial score (nSPS) is 21.2. The molecule has 0 saturated carbocycles. The molecule has 1 aromatic heterocycles.